The monoisotopic (exact) mass is 386 g/mol. The van der Waals surface area contributed by atoms with E-state index in [2.05, 4.69) is 32.2 Å². The Hall–Kier alpha value is -0.880. The van der Waals surface area contributed by atoms with Crippen molar-refractivity contribution in [1.82, 2.24) is 10.2 Å². The van der Waals surface area contributed by atoms with Crippen LogP contribution in [0.2, 0.25) is 5.02 Å². The second-order valence-corrected chi connectivity index (χ2v) is 7.10. The average molecular weight is 388 g/mol. The highest BCUT2D eigenvalue weighted by molar-refractivity contribution is 9.10. The number of nitrogens with one attached hydrogen (secondary N) is 1. The minimum atomic E-state index is -0.109. The zero-order valence-electron chi connectivity index (χ0n) is 11.8. The minimum absolute atomic E-state index is 0.109. The number of likely N-dealkylation sites (N-methyl/N-ethyl adjacent to an activating group) is 1. The van der Waals surface area contributed by atoms with E-state index in [0.717, 1.165) is 0 Å². The molecule has 6 heteroatoms. The summed E-state index contributed by atoms with van der Waals surface area (Å²) in [6.07, 6.45) is 0. The van der Waals surface area contributed by atoms with E-state index in [9.17, 15) is 4.79 Å². The molecule has 1 heterocycles. The van der Waals surface area contributed by atoms with Gasteiger partial charge in [0, 0.05) is 20.9 Å². The summed E-state index contributed by atoms with van der Waals surface area (Å²) in [5.41, 5.74) is 0.586. The van der Waals surface area contributed by atoms with Crippen molar-refractivity contribution in [2.45, 2.75) is 6.04 Å². The first-order chi connectivity index (χ1) is 9.99. The second-order valence-electron chi connectivity index (χ2n) is 4.83. The lowest BCUT2D eigenvalue weighted by Gasteiger charge is -2.23. The predicted molar refractivity (Wildman–Crippen MR) is 92.2 cm³/mol. The molecular formula is C15H16BrClN2OS. The van der Waals surface area contributed by atoms with Crippen LogP contribution in [0.1, 0.15) is 21.3 Å². The van der Waals surface area contributed by atoms with Crippen molar-refractivity contribution in [3.63, 3.8) is 0 Å². The molecular weight excluding hydrogens is 372 g/mol. The number of rotatable bonds is 5. The first-order valence-corrected chi connectivity index (χ1v) is 8.47. The van der Waals surface area contributed by atoms with Crippen molar-refractivity contribution in [2.75, 3.05) is 20.6 Å². The number of thiophene rings is 1. The van der Waals surface area contributed by atoms with E-state index in [4.69, 9.17) is 11.6 Å². The summed E-state index contributed by atoms with van der Waals surface area (Å²) < 4.78 is 0.699. The average Bonchev–Trinajstić information content (AvgIpc) is 2.92. The third-order valence-electron chi connectivity index (χ3n) is 3.13. The molecule has 1 atom stereocenters. The maximum atomic E-state index is 12.3. The molecule has 0 aliphatic rings. The highest BCUT2D eigenvalue weighted by atomic mass is 79.9. The van der Waals surface area contributed by atoms with Gasteiger partial charge in [0.15, 0.2) is 0 Å². The summed E-state index contributed by atoms with van der Waals surface area (Å²) in [7, 11) is 4.02. The van der Waals surface area contributed by atoms with Gasteiger partial charge in [0.2, 0.25) is 0 Å². The fraction of sp³-hybridized carbons (Fsp3) is 0.267. The number of amides is 1. The topological polar surface area (TPSA) is 32.3 Å². The quantitative estimate of drug-likeness (QED) is 0.834. The highest BCUT2D eigenvalue weighted by Gasteiger charge is 2.17. The Morgan fingerprint density at radius 3 is 2.76 bits per heavy atom. The summed E-state index contributed by atoms with van der Waals surface area (Å²) in [6.45, 7) is 0.557. The van der Waals surface area contributed by atoms with Gasteiger partial charge in [0.1, 0.15) is 0 Å². The van der Waals surface area contributed by atoms with Crippen LogP contribution in [0.5, 0.6) is 0 Å². The fourth-order valence-corrected chi connectivity index (χ4v) is 3.76. The van der Waals surface area contributed by atoms with Crippen LogP contribution in [0.3, 0.4) is 0 Å². The van der Waals surface area contributed by atoms with Gasteiger partial charge in [-0.2, -0.15) is 0 Å². The van der Waals surface area contributed by atoms with Crippen LogP contribution in [-0.2, 0) is 0 Å². The van der Waals surface area contributed by atoms with Crippen LogP contribution in [0.15, 0.2) is 40.2 Å². The third-order valence-corrected chi connectivity index (χ3v) is 4.99. The molecule has 0 aliphatic heterocycles. The first kappa shape index (κ1) is 16.5. The van der Waals surface area contributed by atoms with Crippen molar-refractivity contribution in [2.24, 2.45) is 0 Å². The molecule has 0 saturated carbocycles. The first-order valence-electron chi connectivity index (χ1n) is 6.42. The lowest BCUT2D eigenvalue weighted by atomic mass is 10.2. The zero-order chi connectivity index (χ0) is 15.4. The van der Waals surface area contributed by atoms with Gasteiger partial charge in [-0.25, -0.2) is 0 Å². The van der Waals surface area contributed by atoms with Crippen LogP contribution in [0.4, 0.5) is 0 Å². The highest BCUT2D eigenvalue weighted by Crippen LogP contribution is 2.24. The predicted octanol–water partition coefficient (Wildman–Crippen LogP) is 4.20. The summed E-state index contributed by atoms with van der Waals surface area (Å²) >= 11 is 11.0. The summed E-state index contributed by atoms with van der Waals surface area (Å²) in [6, 6.07) is 9.43. The number of halogens is 2. The van der Waals surface area contributed by atoms with Crippen molar-refractivity contribution < 1.29 is 4.79 Å². The molecule has 0 fully saturated rings. The molecule has 2 aromatic rings. The molecule has 2 rings (SSSR count). The molecule has 0 radical (unpaired) electrons. The summed E-state index contributed by atoms with van der Waals surface area (Å²) in [4.78, 5) is 15.6. The molecule has 112 valence electrons. The van der Waals surface area contributed by atoms with Crippen molar-refractivity contribution in [1.29, 1.82) is 0 Å². The Morgan fingerprint density at radius 1 is 1.43 bits per heavy atom. The number of carbonyl (C=O) groups is 1. The van der Waals surface area contributed by atoms with E-state index in [1.807, 2.05) is 25.5 Å². The van der Waals surface area contributed by atoms with Crippen LogP contribution in [0.25, 0.3) is 0 Å². The Balaban J connectivity index is 2.05. The van der Waals surface area contributed by atoms with Crippen LogP contribution in [0, 0.1) is 0 Å². The molecule has 21 heavy (non-hydrogen) atoms. The Morgan fingerprint density at radius 2 is 2.19 bits per heavy atom. The largest absolute Gasteiger partial charge is 0.350 e. The van der Waals surface area contributed by atoms with Crippen LogP contribution >= 0.6 is 38.9 Å². The van der Waals surface area contributed by atoms with Crippen molar-refractivity contribution in [3.05, 3.63) is 55.6 Å². The van der Waals surface area contributed by atoms with Gasteiger partial charge in [-0.3, -0.25) is 4.79 Å². The number of nitrogens with zero attached hydrogens (tertiary/aromatic N) is 1. The molecule has 1 aromatic heterocycles. The normalized spacial score (nSPS) is 12.4. The molecule has 1 N–H and O–H groups in total. The van der Waals surface area contributed by atoms with Crippen molar-refractivity contribution in [3.8, 4) is 0 Å². The van der Waals surface area contributed by atoms with Gasteiger partial charge in [-0.15, -0.1) is 11.3 Å². The number of benzene rings is 1. The summed E-state index contributed by atoms with van der Waals surface area (Å²) in [5, 5.41) is 5.63. The fourth-order valence-electron chi connectivity index (χ4n) is 1.98. The number of hydrogen-bond donors (Lipinski definition) is 1. The molecule has 0 aliphatic carbocycles. The van der Waals surface area contributed by atoms with Gasteiger partial charge in [-0.05, 0) is 59.7 Å². The number of hydrogen-bond acceptors (Lipinski definition) is 3. The van der Waals surface area contributed by atoms with E-state index in [-0.39, 0.29) is 11.9 Å². The van der Waals surface area contributed by atoms with Crippen molar-refractivity contribution >= 4 is 44.8 Å². The van der Waals surface area contributed by atoms with E-state index in [0.29, 0.717) is 21.6 Å². The van der Waals surface area contributed by atoms with E-state index in [1.165, 1.54) is 4.88 Å². The molecule has 1 aromatic carbocycles. The van der Waals surface area contributed by atoms with E-state index < -0.39 is 0 Å². The maximum absolute atomic E-state index is 12.3. The molecule has 0 bridgehead atoms. The Bertz CT molecular complexity index is 616. The van der Waals surface area contributed by atoms with E-state index >= 15 is 0 Å². The molecule has 1 amide bonds. The smallest absolute Gasteiger partial charge is 0.252 e. The third kappa shape index (κ3) is 4.30. The Labute approximate surface area is 142 Å². The second kappa shape index (κ2) is 7.40. The van der Waals surface area contributed by atoms with Gasteiger partial charge in [-0.1, -0.05) is 17.7 Å². The molecule has 0 saturated heterocycles. The number of carbonyl (C=O) groups excluding carboxylic acids is 1. The standard InChI is InChI=1S/C15H16BrClN2OS/c1-19(2)13(14-4-3-7-21-14)9-18-15(20)11-6-5-10(17)8-12(11)16/h3-8,13H,9H2,1-2H3,(H,18,20). The molecule has 3 nitrogen and oxygen atoms in total. The van der Waals surface area contributed by atoms with Gasteiger partial charge < -0.3 is 10.2 Å². The van der Waals surface area contributed by atoms with Crippen LogP contribution in [-0.4, -0.2) is 31.4 Å². The lowest BCUT2D eigenvalue weighted by molar-refractivity contribution is 0.0941. The SMILES string of the molecule is CN(C)C(CNC(=O)c1ccc(Cl)cc1Br)c1cccs1. The van der Waals surface area contributed by atoms with Gasteiger partial charge in [0.05, 0.1) is 11.6 Å². The van der Waals surface area contributed by atoms with Crippen LogP contribution < -0.4 is 5.32 Å². The zero-order valence-corrected chi connectivity index (χ0v) is 14.9. The minimum Gasteiger partial charge on any atom is -0.350 e. The lowest BCUT2D eigenvalue weighted by Crippen LogP contribution is -2.34. The van der Waals surface area contributed by atoms with Gasteiger partial charge >= 0.3 is 0 Å². The summed E-state index contributed by atoms with van der Waals surface area (Å²) in [5.74, 6) is -0.109. The van der Waals surface area contributed by atoms with Gasteiger partial charge in [0.25, 0.3) is 5.91 Å². The molecule has 0 spiro atoms. The van der Waals surface area contributed by atoms with E-state index in [1.54, 1.807) is 29.5 Å². The molecule has 1 unspecified atom stereocenters. The maximum Gasteiger partial charge on any atom is 0.252 e. The Kier molecular flexibility index (Phi) is 5.81.